The van der Waals surface area contributed by atoms with Crippen LogP contribution in [0.2, 0.25) is 0 Å². The largest absolute Gasteiger partial charge is 0.418 e. The number of piperazine rings is 1. The first kappa shape index (κ1) is 20.0. The lowest BCUT2D eigenvalue weighted by atomic mass is 10.1. The Bertz CT molecular complexity index is 784. The summed E-state index contributed by atoms with van der Waals surface area (Å²) in [6, 6.07) is 3.38. The van der Waals surface area contributed by atoms with Gasteiger partial charge in [0.1, 0.15) is 12.6 Å². The number of likely N-dealkylation sites (N-methyl/N-ethyl adjacent to an activating group) is 1. The van der Waals surface area contributed by atoms with E-state index in [4.69, 9.17) is 0 Å². The summed E-state index contributed by atoms with van der Waals surface area (Å²) in [6.45, 7) is 3.14. The molecule has 1 aromatic rings. The highest BCUT2D eigenvalue weighted by molar-refractivity contribution is 6.02. The second kappa shape index (κ2) is 7.69. The highest BCUT2D eigenvalue weighted by atomic mass is 19.4. The SMILES string of the molecule is CCN1CCN(C(=O)NC2CCN(c3ccccc3C(F)(F)F)C2=O)CC1=O. The van der Waals surface area contributed by atoms with E-state index in [0.29, 0.717) is 19.6 Å². The van der Waals surface area contributed by atoms with Crippen LogP contribution in [0.5, 0.6) is 0 Å². The zero-order valence-corrected chi connectivity index (χ0v) is 15.3. The van der Waals surface area contributed by atoms with Crippen LogP contribution in [0.15, 0.2) is 24.3 Å². The lowest BCUT2D eigenvalue weighted by Crippen LogP contribution is -2.56. The standard InChI is InChI=1S/C18H21F3N4O3/c1-2-23-9-10-24(11-15(23)26)17(28)22-13-7-8-25(16(13)27)14-6-4-3-5-12(14)18(19,20)21/h3-6,13H,2,7-11H2,1H3,(H,22,28). The van der Waals surface area contributed by atoms with Crippen LogP contribution in [-0.4, -0.2) is 66.4 Å². The molecule has 4 amide bonds. The number of carbonyl (C=O) groups excluding carboxylic acids is 3. The van der Waals surface area contributed by atoms with Gasteiger partial charge < -0.3 is 20.0 Å². The first-order valence-corrected chi connectivity index (χ1v) is 9.03. The molecule has 1 N–H and O–H groups in total. The minimum Gasteiger partial charge on any atom is -0.340 e. The quantitative estimate of drug-likeness (QED) is 0.842. The van der Waals surface area contributed by atoms with Crippen molar-refractivity contribution < 1.29 is 27.6 Å². The molecule has 0 radical (unpaired) electrons. The Kier molecular flexibility index (Phi) is 5.48. The summed E-state index contributed by atoms with van der Waals surface area (Å²) in [5.74, 6) is -0.772. The predicted octanol–water partition coefficient (Wildman–Crippen LogP) is 1.68. The molecule has 2 heterocycles. The molecule has 1 atom stereocenters. The first-order chi connectivity index (χ1) is 13.2. The molecular formula is C18H21F3N4O3. The fourth-order valence-corrected chi connectivity index (χ4v) is 3.46. The number of hydrogen-bond donors (Lipinski definition) is 1. The molecule has 10 heteroatoms. The van der Waals surface area contributed by atoms with Gasteiger partial charge in [-0.1, -0.05) is 12.1 Å². The van der Waals surface area contributed by atoms with E-state index >= 15 is 0 Å². The average molecular weight is 398 g/mol. The van der Waals surface area contributed by atoms with Gasteiger partial charge in [-0.2, -0.15) is 13.2 Å². The van der Waals surface area contributed by atoms with Gasteiger partial charge in [0.15, 0.2) is 0 Å². The van der Waals surface area contributed by atoms with Crippen LogP contribution in [0.1, 0.15) is 18.9 Å². The van der Waals surface area contributed by atoms with Crippen molar-refractivity contribution >= 4 is 23.5 Å². The Hall–Kier alpha value is -2.78. The maximum Gasteiger partial charge on any atom is 0.418 e. The van der Waals surface area contributed by atoms with Crippen LogP contribution >= 0.6 is 0 Å². The van der Waals surface area contributed by atoms with Crippen molar-refractivity contribution in [3.63, 3.8) is 0 Å². The number of rotatable bonds is 3. The molecule has 28 heavy (non-hydrogen) atoms. The van der Waals surface area contributed by atoms with Crippen LogP contribution in [0, 0.1) is 0 Å². The van der Waals surface area contributed by atoms with Crippen molar-refractivity contribution in [2.45, 2.75) is 25.6 Å². The van der Waals surface area contributed by atoms with Crippen LogP contribution in [0.25, 0.3) is 0 Å². The highest BCUT2D eigenvalue weighted by Crippen LogP contribution is 2.37. The molecule has 2 fully saturated rings. The zero-order valence-electron chi connectivity index (χ0n) is 15.3. The van der Waals surface area contributed by atoms with Crippen LogP contribution in [-0.2, 0) is 15.8 Å². The van der Waals surface area contributed by atoms with Gasteiger partial charge in [-0.05, 0) is 25.5 Å². The van der Waals surface area contributed by atoms with Gasteiger partial charge in [-0.15, -0.1) is 0 Å². The van der Waals surface area contributed by atoms with Gasteiger partial charge in [0, 0.05) is 26.2 Å². The van der Waals surface area contributed by atoms with Crippen LogP contribution in [0.4, 0.5) is 23.7 Å². The lowest BCUT2D eigenvalue weighted by Gasteiger charge is -2.34. The van der Waals surface area contributed by atoms with E-state index in [1.165, 1.54) is 23.1 Å². The number of urea groups is 1. The minimum absolute atomic E-state index is 0.0689. The van der Waals surface area contributed by atoms with Gasteiger partial charge >= 0.3 is 12.2 Å². The van der Waals surface area contributed by atoms with Crippen molar-refractivity contribution in [2.24, 2.45) is 0 Å². The number of halogens is 3. The number of nitrogens with zero attached hydrogens (tertiary/aromatic N) is 3. The van der Waals surface area contributed by atoms with E-state index in [9.17, 15) is 27.6 Å². The van der Waals surface area contributed by atoms with E-state index in [1.54, 1.807) is 4.90 Å². The monoisotopic (exact) mass is 398 g/mol. The van der Waals surface area contributed by atoms with Gasteiger partial charge in [-0.3, -0.25) is 9.59 Å². The number of carbonyl (C=O) groups is 3. The maximum atomic E-state index is 13.2. The second-order valence-corrected chi connectivity index (χ2v) is 6.69. The van der Waals surface area contributed by atoms with Gasteiger partial charge in [0.2, 0.25) is 11.8 Å². The Labute approximate surface area is 160 Å². The van der Waals surface area contributed by atoms with E-state index in [-0.39, 0.29) is 31.1 Å². The number of anilines is 1. The van der Waals surface area contributed by atoms with Crippen molar-refractivity contribution in [2.75, 3.05) is 37.6 Å². The van der Waals surface area contributed by atoms with E-state index in [2.05, 4.69) is 5.32 Å². The number of alkyl halides is 3. The number of nitrogens with one attached hydrogen (secondary N) is 1. The zero-order chi connectivity index (χ0) is 20.5. The van der Waals surface area contributed by atoms with E-state index in [1.807, 2.05) is 6.92 Å². The number of para-hydroxylation sites is 1. The highest BCUT2D eigenvalue weighted by Gasteiger charge is 2.40. The molecule has 2 aliphatic rings. The molecular weight excluding hydrogens is 377 g/mol. The molecule has 1 aromatic carbocycles. The number of amides is 4. The Morgan fingerprint density at radius 1 is 1.18 bits per heavy atom. The normalized spacial score (nSPS) is 20.7. The summed E-state index contributed by atoms with van der Waals surface area (Å²) in [5.41, 5.74) is -1.11. The Balaban J connectivity index is 1.67. The van der Waals surface area contributed by atoms with E-state index in [0.717, 1.165) is 11.0 Å². The molecule has 2 saturated heterocycles. The molecule has 0 aromatic heterocycles. The first-order valence-electron chi connectivity index (χ1n) is 9.03. The summed E-state index contributed by atoms with van der Waals surface area (Å²) in [6.07, 6.45) is -4.39. The molecule has 3 rings (SSSR count). The summed E-state index contributed by atoms with van der Waals surface area (Å²) in [4.78, 5) is 40.9. The second-order valence-electron chi connectivity index (χ2n) is 6.69. The molecule has 2 aliphatic heterocycles. The molecule has 0 saturated carbocycles. The van der Waals surface area contributed by atoms with Crippen molar-refractivity contribution in [1.82, 2.24) is 15.1 Å². The van der Waals surface area contributed by atoms with Crippen LogP contribution < -0.4 is 10.2 Å². The maximum absolute atomic E-state index is 13.2. The summed E-state index contributed by atoms with van der Waals surface area (Å²) < 4.78 is 39.7. The Morgan fingerprint density at radius 2 is 1.89 bits per heavy atom. The summed E-state index contributed by atoms with van der Waals surface area (Å²) >= 11 is 0. The Morgan fingerprint density at radius 3 is 2.54 bits per heavy atom. The number of hydrogen-bond acceptors (Lipinski definition) is 3. The smallest absolute Gasteiger partial charge is 0.340 e. The fraction of sp³-hybridized carbons (Fsp3) is 0.500. The van der Waals surface area contributed by atoms with Crippen molar-refractivity contribution in [3.05, 3.63) is 29.8 Å². The third kappa shape index (κ3) is 3.90. The average Bonchev–Trinajstić information content (AvgIpc) is 3.01. The van der Waals surface area contributed by atoms with Crippen molar-refractivity contribution in [3.8, 4) is 0 Å². The third-order valence-electron chi connectivity index (χ3n) is 4.99. The van der Waals surface area contributed by atoms with Gasteiger partial charge in [-0.25, -0.2) is 4.79 Å². The van der Waals surface area contributed by atoms with Gasteiger partial charge in [0.25, 0.3) is 0 Å². The topological polar surface area (TPSA) is 73.0 Å². The molecule has 0 aliphatic carbocycles. The van der Waals surface area contributed by atoms with E-state index < -0.39 is 29.7 Å². The predicted molar refractivity (Wildman–Crippen MR) is 94.6 cm³/mol. The molecule has 0 bridgehead atoms. The lowest BCUT2D eigenvalue weighted by molar-refractivity contribution is -0.137. The summed E-state index contributed by atoms with van der Waals surface area (Å²) in [5, 5.41) is 2.55. The van der Waals surface area contributed by atoms with Crippen LogP contribution in [0.3, 0.4) is 0 Å². The third-order valence-corrected chi connectivity index (χ3v) is 4.99. The minimum atomic E-state index is -4.59. The van der Waals surface area contributed by atoms with Gasteiger partial charge in [0.05, 0.1) is 11.3 Å². The fourth-order valence-electron chi connectivity index (χ4n) is 3.46. The summed E-state index contributed by atoms with van der Waals surface area (Å²) in [7, 11) is 0. The van der Waals surface area contributed by atoms with Crippen molar-refractivity contribution in [1.29, 1.82) is 0 Å². The molecule has 1 unspecified atom stereocenters. The number of benzene rings is 1. The molecule has 7 nitrogen and oxygen atoms in total. The molecule has 152 valence electrons. The molecule has 0 spiro atoms.